The van der Waals surface area contributed by atoms with Crippen LogP contribution < -0.4 is 10.2 Å². The molecule has 0 radical (unpaired) electrons. The molecule has 0 unspecified atom stereocenters. The van der Waals surface area contributed by atoms with Gasteiger partial charge in [-0.15, -0.1) is 11.3 Å². The van der Waals surface area contributed by atoms with E-state index in [0.29, 0.717) is 17.2 Å². The van der Waals surface area contributed by atoms with E-state index in [1.807, 2.05) is 30.6 Å². The minimum Gasteiger partial charge on any atom is -0.352 e. The van der Waals surface area contributed by atoms with Gasteiger partial charge in [-0.05, 0) is 75.3 Å². The van der Waals surface area contributed by atoms with Crippen molar-refractivity contribution in [3.8, 4) is 11.1 Å². The smallest absolute Gasteiger partial charge is 0.257 e. The van der Waals surface area contributed by atoms with Crippen molar-refractivity contribution in [3.05, 3.63) is 75.7 Å². The number of carbonyl (C=O) groups excluding carboxylic acids is 1. The van der Waals surface area contributed by atoms with E-state index in [-0.39, 0.29) is 5.91 Å². The van der Waals surface area contributed by atoms with Crippen LogP contribution in [0.25, 0.3) is 11.1 Å². The summed E-state index contributed by atoms with van der Waals surface area (Å²) >= 11 is 1.45. The lowest BCUT2D eigenvalue weighted by molar-refractivity contribution is 0.102. The Morgan fingerprint density at radius 3 is 2.67 bits per heavy atom. The number of nitrogens with one attached hydrogen (secondary N) is 1. The summed E-state index contributed by atoms with van der Waals surface area (Å²) in [7, 11) is 0. The highest BCUT2D eigenvalue weighted by Crippen LogP contribution is 2.32. The average molecular weight is 541 g/mol. The molecule has 39 heavy (non-hydrogen) atoms. The van der Waals surface area contributed by atoms with Crippen molar-refractivity contribution in [2.75, 3.05) is 16.8 Å². The van der Waals surface area contributed by atoms with E-state index in [4.69, 9.17) is 10.1 Å². The van der Waals surface area contributed by atoms with E-state index in [1.54, 1.807) is 0 Å². The van der Waals surface area contributed by atoms with Crippen LogP contribution in [-0.2, 0) is 19.5 Å². The van der Waals surface area contributed by atoms with Crippen LogP contribution in [0.1, 0.15) is 70.7 Å². The van der Waals surface area contributed by atoms with Crippen molar-refractivity contribution in [1.29, 1.82) is 0 Å². The molecule has 0 bridgehead atoms. The zero-order valence-electron chi connectivity index (χ0n) is 23.0. The van der Waals surface area contributed by atoms with Gasteiger partial charge in [-0.2, -0.15) is 5.10 Å². The third-order valence-corrected chi connectivity index (χ3v) is 9.18. The molecule has 1 aromatic carbocycles. The number of fused-ring (bicyclic) bond motifs is 1. The zero-order valence-corrected chi connectivity index (χ0v) is 23.9. The number of thiazole rings is 1. The summed E-state index contributed by atoms with van der Waals surface area (Å²) in [6.45, 7) is 8.73. The molecule has 4 heterocycles. The van der Waals surface area contributed by atoms with Gasteiger partial charge in [0.2, 0.25) is 0 Å². The molecular formula is C31H36N6OS. The van der Waals surface area contributed by atoms with E-state index < -0.39 is 0 Å². The molecule has 8 heteroatoms. The molecule has 4 aromatic rings. The van der Waals surface area contributed by atoms with Crippen LogP contribution in [0, 0.1) is 26.7 Å². The largest absolute Gasteiger partial charge is 0.352 e. The third-order valence-electron chi connectivity index (χ3n) is 8.30. The number of aromatic nitrogens is 4. The number of benzene rings is 1. The second kappa shape index (κ2) is 10.9. The van der Waals surface area contributed by atoms with Gasteiger partial charge in [0.05, 0.1) is 11.9 Å². The maximum atomic E-state index is 13.2. The van der Waals surface area contributed by atoms with Gasteiger partial charge in [-0.1, -0.05) is 31.4 Å². The first-order chi connectivity index (χ1) is 19.0. The van der Waals surface area contributed by atoms with Crippen molar-refractivity contribution in [3.63, 3.8) is 0 Å². The van der Waals surface area contributed by atoms with Crippen LogP contribution in [0.2, 0.25) is 0 Å². The second-order valence-electron chi connectivity index (χ2n) is 11.0. The Balaban J connectivity index is 1.20. The normalized spacial score (nSPS) is 15.8. The maximum Gasteiger partial charge on any atom is 0.257 e. The third kappa shape index (κ3) is 5.35. The summed E-state index contributed by atoms with van der Waals surface area (Å²) in [6, 6.07) is 10.3. The number of pyridine rings is 1. The Morgan fingerprint density at radius 1 is 1.05 bits per heavy atom. The van der Waals surface area contributed by atoms with Crippen molar-refractivity contribution in [1.82, 2.24) is 19.7 Å². The van der Waals surface area contributed by atoms with Crippen LogP contribution >= 0.6 is 11.3 Å². The summed E-state index contributed by atoms with van der Waals surface area (Å²) in [5.74, 6) is 1.58. The highest BCUT2D eigenvalue weighted by molar-refractivity contribution is 7.13. The summed E-state index contributed by atoms with van der Waals surface area (Å²) in [5.41, 5.74) is 8.44. The first-order valence-electron chi connectivity index (χ1n) is 14.1. The van der Waals surface area contributed by atoms with Crippen molar-refractivity contribution >= 4 is 28.2 Å². The van der Waals surface area contributed by atoms with Crippen molar-refractivity contribution in [2.45, 2.75) is 72.4 Å². The Morgan fingerprint density at radius 2 is 1.90 bits per heavy atom. The number of nitrogens with zero attached hydrogens (tertiary/aromatic N) is 5. The van der Waals surface area contributed by atoms with Crippen LogP contribution in [0.15, 0.2) is 41.9 Å². The minimum absolute atomic E-state index is 0.108. The predicted octanol–water partition coefficient (Wildman–Crippen LogP) is 6.72. The zero-order chi connectivity index (χ0) is 26.9. The first kappa shape index (κ1) is 25.7. The molecule has 2 aliphatic rings. The number of amides is 1. The average Bonchev–Trinajstić information content (AvgIpc) is 3.52. The summed E-state index contributed by atoms with van der Waals surface area (Å²) in [4.78, 5) is 24.9. The van der Waals surface area contributed by atoms with Gasteiger partial charge < -0.3 is 4.90 Å². The van der Waals surface area contributed by atoms with Crippen LogP contribution in [0.4, 0.5) is 10.9 Å². The minimum atomic E-state index is -0.108. The molecule has 1 saturated carbocycles. The molecule has 7 nitrogen and oxygen atoms in total. The Kier molecular flexibility index (Phi) is 7.21. The van der Waals surface area contributed by atoms with Gasteiger partial charge in [-0.3, -0.25) is 14.8 Å². The number of anilines is 2. The highest BCUT2D eigenvalue weighted by Gasteiger charge is 2.24. The van der Waals surface area contributed by atoms with Crippen LogP contribution in [0.5, 0.6) is 0 Å². The van der Waals surface area contributed by atoms with Gasteiger partial charge in [0.15, 0.2) is 5.13 Å². The molecule has 0 saturated heterocycles. The molecule has 6 rings (SSSR count). The molecule has 1 fully saturated rings. The molecule has 1 aliphatic carbocycles. The van der Waals surface area contributed by atoms with E-state index in [0.717, 1.165) is 53.8 Å². The Bertz CT molecular complexity index is 1500. The molecule has 3 aromatic heterocycles. The highest BCUT2D eigenvalue weighted by atomic mass is 32.1. The summed E-state index contributed by atoms with van der Waals surface area (Å²) in [6.07, 6.45) is 9.59. The fourth-order valence-electron chi connectivity index (χ4n) is 6.08. The Hall–Kier alpha value is -3.52. The molecule has 1 aliphatic heterocycles. The number of carbonyl (C=O) groups is 1. The van der Waals surface area contributed by atoms with Crippen molar-refractivity contribution in [2.24, 2.45) is 5.92 Å². The van der Waals surface area contributed by atoms with Gasteiger partial charge in [0.1, 0.15) is 5.82 Å². The standard InChI is InChI=1S/C31H36N6OS/c1-20-19-39-31(33-20)35-30(38)26-11-7-10-24-14-15-36(18-28(24)26)29-13-12-25(21(2)34-29)27-16-32-37(22(27)3)17-23-8-5-4-6-9-23/h7,10-13,16,19,23H,4-6,8-9,14-15,17-18H2,1-3H3,(H,33,35,38). The molecule has 202 valence electrons. The maximum absolute atomic E-state index is 13.2. The number of hydrogen-bond donors (Lipinski definition) is 1. The number of rotatable bonds is 6. The van der Waals surface area contributed by atoms with Gasteiger partial charge >= 0.3 is 0 Å². The second-order valence-corrected chi connectivity index (χ2v) is 11.9. The molecule has 1 amide bonds. The van der Waals surface area contributed by atoms with Gasteiger partial charge in [-0.25, -0.2) is 9.97 Å². The van der Waals surface area contributed by atoms with Gasteiger partial charge in [0, 0.05) is 53.1 Å². The molecule has 1 N–H and O–H groups in total. The molecule has 0 spiro atoms. The topological polar surface area (TPSA) is 75.9 Å². The monoisotopic (exact) mass is 540 g/mol. The summed E-state index contributed by atoms with van der Waals surface area (Å²) in [5, 5.41) is 10.3. The van der Waals surface area contributed by atoms with E-state index in [1.165, 1.54) is 60.3 Å². The van der Waals surface area contributed by atoms with Gasteiger partial charge in [0.25, 0.3) is 5.91 Å². The number of hydrogen-bond acceptors (Lipinski definition) is 6. The predicted molar refractivity (Wildman–Crippen MR) is 158 cm³/mol. The van der Waals surface area contributed by atoms with Crippen LogP contribution in [0.3, 0.4) is 0 Å². The molecular weight excluding hydrogens is 504 g/mol. The lowest BCUT2D eigenvalue weighted by Gasteiger charge is -2.31. The molecule has 0 atom stereocenters. The van der Waals surface area contributed by atoms with E-state index in [2.05, 4.69) is 51.9 Å². The quantitative estimate of drug-likeness (QED) is 0.294. The fraction of sp³-hybridized carbons (Fsp3) is 0.419. The van der Waals surface area contributed by atoms with E-state index >= 15 is 0 Å². The van der Waals surface area contributed by atoms with Crippen LogP contribution in [-0.4, -0.2) is 32.2 Å². The summed E-state index contributed by atoms with van der Waals surface area (Å²) < 4.78 is 2.19. The Labute approximate surface area is 234 Å². The lowest BCUT2D eigenvalue weighted by atomic mass is 9.89. The van der Waals surface area contributed by atoms with E-state index in [9.17, 15) is 4.79 Å². The first-order valence-corrected chi connectivity index (χ1v) is 14.9. The van der Waals surface area contributed by atoms with Crippen molar-refractivity contribution < 1.29 is 4.79 Å². The SMILES string of the molecule is Cc1csc(NC(=O)c2cccc3c2CN(c2ccc(-c4cnn(CC5CCCCC5)c4C)c(C)n2)CC3)n1. The fourth-order valence-corrected chi connectivity index (χ4v) is 6.77. The lowest BCUT2D eigenvalue weighted by Crippen LogP contribution is -2.33. The number of aryl methyl sites for hydroxylation is 2.